The topological polar surface area (TPSA) is 73.3 Å². The van der Waals surface area contributed by atoms with Gasteiger partial charge < -0.3 is 14.8 Å². The van der Waals surface area contributed by atoms with Gasteiger partial charge in [0.1, 0.15) is 5.75 Å². The van der Waals surface area contributed by atoms with Gasteiger partial charge in [-0.1, -0.05) is 0 Å². The van der Waals surface area contributed by atoms with E-state index >= 15 is 0 Å². The SMILES string of the molecule is COc1ccc(-c2ncc(NC(=O)C3CCOC3)cn2)cc1. The molecule has 6 nitrogen and oxygen atoms in total. The number of amides is 1. The Morgan fingerprint density at radius 1 is 1.27 bits per heavy atom. The maximum Gasteiger partial charge on any atom is 0.229 e. The quantitative estimate of drug-likeness (QED) is 0.936. The first-order valence-corrected chi connectivity index (χ1v) is 7.11. The molecule has 2 aromatic rings. The molecule has 3 rings (SSSR count). The van der Waals surface area contributed by atoms with Crippen molar-refractivity contribution in [1.29, 1.82) is 0 Å². The van der Waals surface area contributed by atoms with Gasteiger partial charge in [0.25, 0.3) is 0 Å². The van der Waals surface area contributed by atoms with Gasteiger partial charge in [0.05, 0.1) is 37.7 Å². The van der Waals surface area contributed by atoms with Crippen molar-refractivity contribution in [2.45, 2.75) is 6.42 Å². The van der Waals surface area contributed by atoms with Crippen LogP contribution in [0.1, 0.15) is 6.42 Å². The molecule has 2 heterocycles. The molecule has 22 heavy (non-hydrogen) atoms. The number of benzene rings is 1. The molecule has 1 aromatic heterocycles. The van der Waals surface area contributed by atoms with E-state index in [1.54, 1.807) is 19.5 Å². The van der Waals surface area contributed by atoms with Crippen LogP contribution in [0.25, 0.3) is 11.4 Å². The van der Waals surface area contributed by atoms with Crippen molar-refractivity contribution in [2.24, 2.45) is 5.92 Å². The van der Waals surface area contributed by atoms with Gasteiger partial charge in [-0.05, 0) is 30.7 Å². The van der Waals surface area contributed by atoms with E-state index in [2.05, 4.69) is 15.3 Å². The fourth-order valence-corrected chi connectivity index (χ4v) is 2.27. The fraction of sp³-hybridized carbons (Fsp3) is 0.312. The molecule has 0 spiro atoms. The molecule has 1 aliphatic rings. The van der Waals surface area contributed by atoms with Crippen molar-refractivity contribution in [3.8, 4) is 17.1 Å². The van der Waals surface area contributed by atoms with E-state index in [9.17, 15) is 4.79 Å². The molecule has 1 N–H and O–H groups in total. The summed E-state index contributed by atoms with van der Waals surface area (Å²) in [6.45, 7) is 1.13. The minimum atomic E-state index is -0.0822. The van der Waals surface area contributed by atoms with E-state index in [4.69, 9.17) is 9.47 Å². The largest absolute Gasteiger partial charge is 0.497 e. The van der Waals surface area contributed by atoms with Gasteiger partial charge in [-0.3, -0.25) is 4.79 Å². The zero-order chi connectivity index (χ0) is 15.4. The molecule has 0 saturated carbocycles. The zero-order valence-corrected chi connectivity index (χ0v) is 12.3. The summed E-state index contributed by atoms with van der Waals surface area (Å²) < 4.78 is 10.3. The van der Waals surface area contributed by atoms with Gasteiger partial charge in [0.15, 0.2) is 5.82 Å². The second kappa shape index (κ2) is 6.53. The second-order valence-corrected chi connectivity index (χ2v) is 5.07. The van der Waals surface area contributed by atoms with Crippen molar-refractivity contribution < 1.29 is 14.3 Å². The predicted molar refractivity (Wildman–Crippen MR) is 81.6 cm³/mol. The van der Waals surface area contributed by atoms with Crippen LogP contribution < -0.4 is 10.1 Å². The van der Waals surface area contributed by atoms with Gasteiger partial charge in [0, 0.05) is 12.2 Å². The van der Waals surface area contributed by atoms with Crippen LogP contribution >= 0.6 is 0 Å². The van der Waals surface area contributed by atoms with E-state index in [1.165, 1.54) is 0 Å². The van der Waals surface area contributed by atoms with Crippen molar-refractivity contribution >= 4 is 11.6 Å². The molecule has 1 amide bonds. The summed E-state index contributed by atoms with van der Waals surface area (Å²) in [7, 11) is 1.62. The molecule has 114 valence electrons. The molecule has 1 fully saturated rings. The summed E-state index contributed by atoms with van der Waals surface area (Å²) in [6, 6.07) is 7.49. The van der Waals surface area contributed by atoms with Crippen LogP contribution in [-0.4, -0.2) is 36.2 Å². The molecule has 1 unspecified atom stereocenters. The summed E-state index contributed by atoms with van der Waals surface area (Å²) >= 11 is 0. The van der Waals surface area contributed by atoms with Crippen LogP contribution in [-0.2, 0) is 9.53 Å². The lowest BCUT2D eigenvalue weighted by Crippen LogP contribution is -2.22. The van der Waals surface area contributed by atoms with E-state index in [1.807, 2.05) is 24.3 Å². The van der Waals surface area contributed by atoms with Crippen molar-refractivity contribution in [3.63, 3.8) is 0 Å². The zero-order valence-electron chi connectivity index (χ0n) is 12.3. The highest BCUT2D eigenvalue weighted by atomic mass is 16.5. The number of rotatable bonds is 4. The Hall–Kier alpha value is -2.47. The van der Waals surface area contributed by atoms with Gasteiger partial charge in [-0.15, -0.1) is 0 Å². The number of hydrogen-bond donors (Lipinski definition) is 1. The number of methoxy groups -OCH3 is 1. The number of nitrogens with zero attached hydrogens (tertiary/aromatic N) is 2. The van der Waals surface area contributed by atoms with Crippen LogP contribution in [0.4, 0.5) is 5.69 Å². The van der Waals surface area contributed by atoms with Crippen LogP contribution in [0.2, 0.25) is 0 Å². The minimum Gasteiger partial charge on any atom is -0.497 e. The van der Waals surface area contributed by atoms with E-state index in [-0.39, 0.29) is 11.8 Å². The summed E-state index contributed by atoms with van der Waals surface area (Å²) in [4.78, 5) is 20.6. The number of hydrogen-bond acceptors (Lipinski definition) is 5. The molecule has 0 radical (unpaired) electrons. The smallest absolute Gasteiger partial charge is 0.229 e. The van der Waals surface area contributed by atoms with Crippen LogP contribution in [0.15, 0.2) is 36.7 Å². The Kier molecular flexibility index (Phi) is 4.29. The Balaban J connectivity index is 1.67. The lowest BCUT2D eigenvalue weighted by atomic mass is 10.1. The monoisotopic (exact) mass is 299 g/mol. The second-order valence-electron chi connectivity index (χ2n) is 5.07. The highest BCUT2D eigenvalue weighted by molar-refractivity contribution is 5.92. The highest BCUT2D eigenvalue weighted by Crippen LogP contribution is 2.20. The van der Waals surface area contributed by atoms with Crippen LogP contribution in [0, 0.1) is 5.92 Å². The summed E-state index contributed by atoms with van der Waals surface area (Å²) in [6.07, 6.45) is 3.98. The number of ether oxygens (including phenoxy) is 2. The van der Waals surface area contributed by atoms with Gasteiger partial charge in [0.2, 0.25) is 5.91 Å². The third-order valence-electron chi connectivity index (χ3n) is 3.57. The van der Waals surface area contributed by atoms with Crippen LogP contribution in [0.3, 0.4) is 0 Å². The lowest BCUT2D eigenvalue weighted by Gasteiger charge is -2.09. The fourth-order valence-electron chi connectivity index (χ4n) is 2.27. The predicted octanol–water partition coefficient (Wildman–Crippen LogP) is 2.13. The van der Waals surface area contributed by atoms with E-state index in [0.29, 0.717) is 24.7 Å². The van der Waals surface area contributed by atoms with E-state index < -0.39 is 0 Å². The molecule has 0 aliphatic carbocycles. The number of carbonyl (C=O) groups excluding carboxylic acids is 1. The Morgan fingerprint density at radius 3 is 2.59 bits per heavy atom. The molecular weight excluding hydrogens is 282 g/mol. The standard InChI is InChI=1S/C16H17N3O3/c1-21-14-4-2-11(3-5-14)15-17-8-13(9-18-15)19-16(20)12-6-7-22-10-12/h2-5,8-9,12H,6-7,10H2,1H3,(H,19,20). The average Bonchev–Trinajstić information content (AvgIpc) is 3.10. The first-order chi connectivity index (χ1) is 10.8. The summed E-state index contributed by atoms with van der Waals surface area (Å²) in [5.41, 5.74) is 1.48. The third-order valence-corrected chi connectivity index (χ3v) is 3.57. The lowest BCUT2D eigenvalue weighted by molar-refractivity contribution is -0.119. The third kappa shape index (κ3) is 3.23. The normalized spacial score (nSPS) is 17.2. The van der Waals surface area contributed by atoms with E-state index in [0.717, 1.165) is 17.7 Å². The van der Waals surface area contributed by atoms with Gasteiger partial charge in [-0.2, -0.15) is 0 Å². The summed E-state index contributed by atoms with van der Waals surface area (Å²) in [5, 5.41) is 2.82. The van der Waals surface area contributed by atoms with Gasteiger partial charge >= 0.3 is 0 Å². The number of anilines is 1. The van der Waals surface area contributed by atoms with Crippen molar-refractivity contribution in [3.05, 3.63) is 36.7 Å². The van der Waals surface area contributed by atoms with Crippen LogP contribution in [0.5, 0.6) is 5.75 Å². The maximum absolute atomic E-state index is 12.0. The Morgan fingerprint density at radius 2 is 2.00 bits per heavy atom. The summed E-state index contributed by atoms with van der Waals surface area (Å²) in [5.74, 6) is 1.26. The highest BCUT2D eigenvalue weighted by Gasteiger charge is 2.23. The molecule has 1 aromatic carbocycles. The molecule has 6 heteroatoms. The van der Waals surface area contributed by atoms with Gasteiger partial charge in [-0.25, -0.2) is 9.97 Å². The number of carbonyl (C=O) groups is 1. The molecule has 1 saturated heterocycles. The number of nitrogens with one attached hydrogen (secondary N) is 1. The minimum absolute atomic E-state index is 0.0432. The maximum atomic E-state index is 12.0. The Labute approximate surface area is 128 Å². The average molecular weight is 299 g/mol. The molecule has 1 atom stereocenters. The first kappa shape index (κ1) is 14.5. The first-order valence-electron chi connectivity index (χ1n) is 7.11. The van der Waals surface area contributed by atoms with Crippen molar-refractivity contribution in [2.75, 3.05) is 25.6 Å². The molecule has 0 bridgehead atoms. The number of aromatic nitrogens is 2. The molecular formula is C16H17N3O3. The molecule has 1 aliphatic heterocycles. The van der Waals surface area contributed by atoms with Crippen molar-refractivity contribution in [1.82, 2.24) is 9.97 Å². The Bertz CT molecular complexity index is 635.